The van der Waals surface area contributed by atoms with Crippen LogP contribution in [0, 0.1) is 0 Å². The average Bonchev–Trinajstić information content (AvgIpc) is 2.51. The summed E-state index contributed by atoms with van der Waals surface area (Å²) in [6.07, 6.45) is 3.02. The van der Waals surface area contributed by atoms with Crippen molar-refractivity contribution < 1.29 is 5.11 Å². The van der Waals surface area contributed by atoms with Crippen LogP contribution in [0.2, 0.25) is 0 Å². The van der Waals surface area contributed by atoms with E-state index in [-0.39, 0.29) is 0 Å². The second-order valence-corrected chi connectivity index (χ2v) is 4.11. The molecular weight excluding hydrogens is 180 g/mol. The molecule has 0 bridgehead atoms. The second-order valence-electron chi connectivity index (χ2n) is 4.11. The molecule has 2 atom stereocenters. The number of aliphatic hydroxyl groups is 1. The Morgan fingerprint density at radius 1 is 1.71 bits per heavy atom. The molecule has 0 aromatic carbocycles. The van der Waals surface area contributed by atoms with Crippen LogP contribution in [-0.2, 0) is 12.6 Å². The first-order chi connectivity index (χ1) is 6.62. The minimum atomic E-state index is -0.810. The lowest BCUT2D eigenvalue weighted by Gasteiger charge is -2.35. The van der Waals surface area contributed by atoms with E-state index in [1.807, 2.05) is 7.05 Å². The van der Waals surface area contributed by atoms with Crippen LogP contribution in [0.25, 0.3) is 0 Å². The molecule has 1 fully saturated rings. The van der Waals surface area contributed by atoms with Gasteiger partial charge >= 0.3 is 0 Å². The summed E-state index contributed by atoms with van der Waals surface area (Å²) in [5.41, 5.74) is -0.810. The van der Waals surface area contributed by atoms with Crippen LogP contribution < -0.4 is 5.32 Å². The Bertz CT molecular complexity index is 324. The number of rotatable bonds is 1. The van der Waals surface area contributed by atoms with E-state index in [1.165, 1.54) is 0 Å². The van der Waals surface area contributed by atoms with E-state index in [0.717, 1.165) is 6.54 Å². The van der Waals surface area contributed by atoms with Crippen molar-refractivity contribution >= 4 is 0 Å². The first kappa shape index (κ1) is 9.61. The summed E-state index contributed by atoms with van der Waals surface area (Å²) >= 11 is 0. The highest BCUT2D eigenvalue weighted by atomic mass is 16.3. The quantitative estimate of drug-likeness (QED) is 0.651. The summed E-state index contributed by atoms with van der Waals surface area (Å²) < 4.78 is 1.79. The molecule has 14 heavy (non-hydrogen) atoms. The van der Waals surface area contributed by atoms with Crippen molar-refractivity contribution in [1.82, 2.24) is 20.1 Å². The molecule has 0 saturated carbocycles. The summed E-state index contributed by atoms with van der Waals surface area (Å²) in [7, 11) is 1.86. The van der Waals surface area contributed by atoms with Crippen molar-refractivity contribution in [2.45, 2.75) is 31.4 Å². The maximum atomic E-state index is 10.4. The Kier molecular flexibility index (Phi) is 2.28. The van der Waals surface area contributed by atoms with Crippen LogP contribution in [0.3, 0.4) is 0 Å². The first-order valence-corrected chi connectivity index (χ1v) is 4.92. The van der Waals surface area contributed by atoms with Gasteiger partial charge in [-0.1, -0.05) is 0 Å². The second kappa shape index (κ2) is 3.33. The molecule has 1 aliphatic rings. The molecule has 2 unspecified atom stereocenters. The summed E-state index contributed by atoms with van der Waals surface area (Å²) in [6, 6.07) is 0.324. The molecular formula is C9H16N4O. The van der Waals surface area contributed by atoms with Gasteiger partial charge in [0.2, 0.25) is 0 Å². The Morgan fingerprint density at radius 2 is 2.50 bits per heavy atom. The maximum Gasteiger partial charge on any atom is 0.164 e. The van der Waals surface area contributed by atoms with Crippen LogP contribution in [-0.4, -0.2) is 32.5 Å². The van der Waals surface area contributed by atoms with Crippen molar-refractivity contribution in [3.05, 3.63) is 12.2 Å². The Hall–Kier alpha value is -0.940. The molecule has 0 aliphatic carbocycles. The molecule has 2 rings (SSSR count). The standard InChI is InChI=1S/C9H16N4O/c1-7-5-9(14,3-4-10-7)8-12-11-6-13(8)2/h6-7,10,14H,3-5H2,1-2H3. The van der Waals surface area contributed by atoms with Crippen LogP contribution >= 0.6 is 0 Å². The van der Waals surface area contributed by atoms with E-state index in [9.17, 15) is 5.11 Å². The minimum Gasteiger partial charge on any atom is -0.382 e. The highest BCUT2D eigenvalue weighted by Crippen LogP contribution is 2.30. The highest BCUT2D eigenvalue weighted by molar-refractivity contribution is 5.04. The third kappa shape index (κ3) is 1.53. The van der Waals surface area contributed by atoms with Crippen molar-refractivity contribution in [3.63, 3.8) is 0 Å². The monoisotopic (exact) mass is 196 g/mol. The van der Waals surface area contributed by atoms with Crippen molar-refractivity contribution in [2.24, 2.45) is 7.05 Å². The molecule has 5 nitrogen and oxygen atoms in total. The highest BCUT2D eigenvalue weighted by Gasteiger charge is 2.37. The van der Waals surface area contributed by atoms with Gasteiger partial charge in [-0.25, -0.2) is 0 Å². The normalized spacial score (nSPS) is 33.2. The van der Waals surface area contributed by atoms with E-state index in [0.29, 0.717) is 24.7 Å². The van der Waals surface area contributed by atoms with Gasteiger partial charge in [0.15, 0.2) is 5.82 Å². The van der Waals surface area contributed by atoms with Gasteiger partial charge in [0.05, 0.1) is 0 Å². The molecule has 78 valence electrons. The van der Waals surface area contributed by atoms with Crippen LogP contribution in [0.1, 0.15) is 25.6 Å². The third-order valence-corrected chi connectivity index (χ3v) is 2.80. The minimum absolute atomic E-state index is 0.324. The van der Waals surface area contributed by atoms with Crippen molar-refractivity contribution in [2.75, 3.05) is 6.54 Å². The van der Waals surface area contributed by atoms with Crippen LogP contribution in [0.15, 0.2) is 6.33 Å². The topological polar surface area (TPSA) is 63.0 Å². The van der Waals surface area contributed by atoms with Gasteiger partial charge in [0.25, 0.3) is 0 Å². The van der Waals surface area contributed by atoms with Crippen LogP contribution in [0.5, 0.6) is 0 Å². The lowest BCUT2D eigenvalue weighted by Crippen LogP contribution is -2.46. The molecule has 5 heteroatoms. The van der Waals surface area contributed by atoms with Crippen LogP contribution in [0.4, 0.5) is 0 Å². The molecule has 1 aromatic heterocycles. The van der Waals surface area contributed by atoms with E-state index in [4.69, 9.17) is 0 Å². The average molecular weight is 196 g/mol. The van der Waals surface area contributed by atoms with E-state index < -0.39 is 5.60 Å². The molecule has 1 aliphatic heterocycles. The number of hydrogen-bond acceptors (Lipinski definition) is 4. The third-order valence-electron chi connectivity index (χ3n) is 2.80. The van der Waals surface area contributed by atoms with Crippen molar-refractivity contribution in [1.29, 1.82) is 0 Å². The fraction of sp³-hybridized carbons (Fsp3) is 0.778. The lowest BCUT2D eigenvalue weighted by molar-refractivity contribution is -0.0170. The van der Waals surface area contributed by atoms with Gasteiger partial charge in [-0.3, -0.25) is 0 Å². The Labute approximate surface area is 83.2 Å². The predicted molar refractivity (Wildman–Crippen MR) is 51.6 cm³/mol. The number of aryl methyl sites for hydroxylation is 1. The molecule has 2 heterocycles. The molecule has 0 radical (unpaired) electrons. The number of piperidine rings is 1. The zero-order chi connectivity index (χ0) is 10.2. The summed E-state index contributed by atoms with van der Waals surface area (Å²) in [5.74, 6) is 0.672. The van der Waals surface area contributed by atoms with Gasteiger partial charge in [-0.15, -0.1) is 10.2 Å². The Balaban J connectivity index is 2.27. The summed E-state index contributed by atoms with van der Waals surface area (Å²) in [4.78, 5) is 0. The zero-order valence-electron chi connectivity index (χ0n) is 8.56. The van der Waals surface area contributed by atoms with Gasteiger partial charge < -0.3 is 15.0 Å². The number of nitrogens with zero attached hydrogens (tertiary/aromatic N) is 3. The smallest absolute Gasteiger partial charge is 0.164 e. The lowest BCUT2D eigenvalue weighted by atomic mass is 9.87. The molecule has 0 spiro atoms. The largest absolute Gasteiger partial charge is 0.382 e. The summed E-state index contributed by atoms with van der Waals surface area (Å²) in [6.45, 7) is 2.89. The van der Waals surface area contributed by atoms with Gasteiger partial charge in [-0.2, -0.15) is 0 Å². The molecule has 1 aromatic rings. The SMILES string of the molecule is CC1CC(O)(c2nncn2C)CCN1. The van der Waals surface area contributed by atoms with E-state index in [1.54, 1.807) is 10.9 Å². The predicted octanol–water partition coefficient (Wildman–Crippen LogP) is -0.225. The molecule has 2 N–H and O–H groups in total. The molecule has 1 saturated heterocycles. The van der Waals surface area contributed by atoms with E-state index >= 15 is 0 Å². The maximum absolute atomic E-state index is 10.4. The van der Waals surface area contributed by atoms with Gasteiger partial charge in [0, 0.05) is 13.1 Å². The Morgan fingerprint density at radius 3 is 3.07 bits per heavy atom. The fourth-order valence-electron chi connectivity index (χ4n) is 2.11. The zero-order valence-corrected chi connectivity index (χ0v) is 8.56. The number of hydrogen-bond donors (Lipinski definition) is 2. The number of nitrogens with one attached hydrogen (secondary N) is 1. The summed E-state index contributed by atoms with van der Waals surface area (Å²) in [5, 5.41) is 21.5. The van der Waals surface area contributed by atoms with Crippen molar-refractivity contribution in [3.8, 4) is 0 Å². The van der Waals surface area contributed by atoms with Gasteiger partial charge in [0.1, 0.15) is 11.9 Å². The van der Waals surface area contributed by atoms with Gasteiger partial charge in [-0.05, 0) is 26.3 Å². The molecule has 0 amide bonds. The van der Waals surface area contributed by atoms with E-state index in [2.05, 4.69) is 22.4 Å². The number of aromatic nitrogens is 3. The fourth-order valence-corrected chi connectivity index (χ4v) is 2.11. The first-order valence-electron chi connectivity index (χ1n) is 4.92.